The van der Waals surface area contributed by atoms with Gasteiger partial charge in [0, 0.05) is 33.0 Å². The summed E-state index contributed by atoms with van der Waals surface area (Å²) in [5.41, 5.74) is 9.39. The maximum atomic E-state index is 6.78. The van der Waals surface area contributed by atoms with Gasteiger partial charge in [0.05, 0.1) is 0 Å². The Morgan fingerprint density at radius 3 is 2.00 bits per heavy atom. The van der Waals surface area contributed by atoms with Crippen LogP contribution >= 0.6 is 0 Å². The number of aromatic nitrogens is 3. The molecule has 10 rings (SSSR count). The van der Waals surface area contributed by atoms with Crippen molar-refractivity contribution in [1.82, 2.24) is 15.0 Å². The van der Waals surface area contributed by atoms with Crippen molar-refractivity contribution < 1.29 is 4.42 Å². The Bertz CT molecular complexity index is 2800. The Kier molecular flexibility index (Phi) is 6.29. The molecule has 0 saturated carbocycles. The van der Waals surface area contributed by atoms with E-state index in [1.54, 1.807) is 0 Å². The van der Waals surface area contributed by atoms with Crippen molar-refractivity contribution in [2.45, 2.75) is 13.1 Å². The van der Waals surface area contributed by atoms with Gasteiger partial charge in [0.15, 0.2) is 17.5 Å². The Morgan fingerprint density at radius 2 is 1.12 bits per heavy atom. The smallest absolute Gasteiger partial charge is 0.164 e. The number of fused-ring (bicyclic) bond motifs is 8. The molecule has 0 aliphatic carbocycles. The first-order valence-corrected chi connectivity index (χ1v) is 20.0. The van der Waals surface area contributed by atoms with Gasteiger partial charge >= 0.3 is 0 Å². The van der Waals surface area contributed by atoms with E-state index < -0.39 is 8.07 Å². The molecule has 5 heteroatoms. The zero-order valence-corrected chi connectivity index (χ0v) is 28.7. The molecular formula is C45H31N3OSi. The zero-order chi connectivity index (χ0) is 33.4. The van der Waals surface area contributed by atoms with E-state index >= 15 is 0 Å². The van der Waals surface area contributed by atoms with Gasteiger partial charge in [-0.15, -0.1) is 0 Å². The van der Waals surface area contributed by atoms with Crippen LogP contribution in [0.5, 0.6) is 0 Å². The van der Waals surface area contributed by atoms with Crippen molar-refractivity contribution in [3.8, 4) is 56.4 Å². The van der Waals surface area contributed by atoms with Crippen molar-refractivity contribution in [3.05, 3.63) is 152 Å². The molecule has 0 unspecified atom stereocenters. The SMILES string of the molecule is C[Si]1(C)c2ccccc2-c2c1cc(-c1nc(-c3ccccc3)nc(-c3cccc(-c4ccc5ccccc5c4)c3)n1)c1c2oc2ccccc21. The minimum atomic E-state index is -2.06. The second kappa shape index (κ2) is 10.9. The van der Waals surface area contributed by atoms with Gasteiger partial charge in [-0.25, -0.2) is 15.0 Å². The van der Waals surface area contributed by atoms with Crippen LogP contribution in [-0.2, 0) is 0 Å². The van der Waals surface area contributed by atoms with Crippen molar-refractivity contribution in [3.63, 3.8) is 0 Å². The van der Waals surface area contributed by atoms with E-state index in [1.807, 2.05) is 24.3 Å². The maximum absolute atomic E-state index is 6.78. The molecular weight excluding hydrogens is 627 g/mol. The summed E-state index contributed by atoms with van der Waals surface area (Å²) in [7, 11) is -2.06. The van der Waals surface area contributed by atoms with Gasteiger partial charge in [0.2, 0.25) is 0 Å². The second-order valence-electron chi connectivity index (χ2n) is 13.6. The molecule has 0 radical (unpaired) electrons. The molecule has 50 heavy (non-hydrogen) atoms. The lowest BCUT2D eigenvalue weighted by Gasteiger charge is -2.19. The lowest BCUT2D eigenvalue weighted by Crippen LogP contribution is -2.49. The van der Waals surface area contributed by atoms with Crippen molar-refractivity contribution >= 4 is 51.2 Å². The molecule has 7 aromatic carbocycles. The Morgan fingerprint density at radius 1 is 0.460 bits per heavy atom. The van der Waals surface area contributed by atoms with Gasteiger partial charge in [0.25, 0.3) is 0 Å². The standard InChI is InChI=1S/C45H31N3OSi/c1-50(2)38-22-11-9-20-35(38)41-39(50)27-36(40-34-19-8-10-21-37(34)49-42(40)41)45-47-43(29-14-4-3-5-15-29)46-44(48-45)33-18-12-17-31(26-33)32-24-23-28-13-6-7-16-30(28)25-32/h3-27H,1-2H3. The van der Waals surface area contributed by atoms with Crippen LogP contribution < -0.4 is 10.4 Å². The molecule has 4 nitrogen and oxygen atoms in total. The molecule has 9 aromatic rings. The molecule has 0 saturated heterocycles. The van der Waals surface area contributed by atoms with Gasteiger partial charge in [-0.1, -0.05) is 140 Å². The number of hydrogen-bond acceptors (Lipinski definition) is 4. The van der Waals surface area contributed by atoms with E-state index in [-0.39, 0.29) is 0 Å². The number of furan rings is 1. The summed E-state index contributed by atoms with van der Waals surface area (Å²) < 4.78 is 6.78. The molecule has 0 atom stereocenters. The number of benzene rings is 7. The minimum absolute atomic E-state index is 0.637. The van der Waals surface area contributed by atoms with Crippen molar-refractivity contribution in [2.75, 3.05) is 0 Å². The van der Waals surface area contributed by atoms with E-state index in [2.05, 4.69) is 140 Å². The van der Waals surface area contributed by atoms with Crippen LogP contribution in [0.4, 0.5) is 0 Å². The maximum Gasteiger partial charge on any atom is 0.164 e. The van der Waals surface area contributed by atoms with Gasteiger partial charge in [-0.05, 0) is 62.1 Å². The number of rotatable bonds is 4. The van der Waals surface area contributed by atoms with Crippen LogP contribution in [-0.4, -0.2) is 23.0 Å². The lowest BCUT2D eigenvalue weighted by atomic mass is 9.98. The van der Waals surface area contributed by atoms with E-state index in [4.69, 9.17) is 19.4 Å². The van der Waals surface area contributed by atoms with E-state index in [1.165, 1.54) is 32.3 Å². The summed E-state index contributed by atoms with van der Waals surface area (Å²) >= 11 is 0. The first-order valence-electron chi connectivity index (χ1n) is 17.0. The van der Waals surface area contributed by atoms with Gasteiger partial charge < -0.3 is 4.42 Å². The zero-order valence-electron chi connectivity index (χ0n) is 27.7. The first-order chi connectivity index (χ1) is 24.5. The van der Waals surface area contributed by atoms with E-state index in [0.717, 1.165) is 49.8 Å². The highest BCUT2D eigenvalue weighted by molar-refractivity contribution is 7.04. The highest BCUT2D eigenvalue weighted by Crippen LogP contribution is 2.43. The summed E-state index contributed by atoms with van der Waals surface area (Å²) in [6.07, 6.45) is 0. The molecule has 0 amide bonds. The third-order valence-electron chi connectivity index (χ3n) is 10.3. The monoisotopic (exact) mass is 657 g/mol. The summed E-state index contributed by atoms with van der Waals surface area (Å²) in [6, 6.07) is 53.3. The highest BCUT2D eigenvalue weighted by atomic mass is 28.3. The first kappa shape index (κ1) is 28.8. The molecule has 0 fully saturated rings. The molecule has 0 spiro atoms. The second-order valence-corrected chi connectivity index (χ2v) is 18.0. The molecule has 0 bridgehead atoms. The third kappa shape index (κ3) is 4.40. The largest absolute Gasteiger partial charge is 0.455 e. The Hall–Kier alpha value is -6.17. The van der Waals surface area contributed by atoms with Crippen LogP contribution in [0, 0.1) is 0 Å². The predicted octanol–water partition coefficient (Wildman–Crippen LogP) is 10.4. The van der Waals surface area contributed by atoms with Crippen molar-refractivity contribution in [2.24, 2.45) is 0 Å². The fourth-order valence-electron chi connectivity index (χ4n) is 7.78. The summed E-state index contributed by atoms with van der Waals surface area (Å²) in [6.45, 7) is 4.87. The number of hydrogen-bond donors (Lipinski definition) is 0. The normalized spacial score (nSPS) is 13.2. The molecule has 1 aliphatic rings. The molecule has 236 valence electrons. The van der Waals surface area contributed by atoms with Gasteiger partial charge in [0.1, 0.15) is 19.2 Å². The molecule has 0 N–H and O–H groups in total. The summed E-state index contributed by atoms with van der Waals surface area (Å²) in [5.74, 6) is 1.92. The van der Waals surface area contributed by atoms with Gasteiger partial charge in [-0.3, -0.25) is 0 Å². The van der Waals surface area contributed by atoms with Crippen LogP contribution in [0.25, 0.3) is 89.1 Å². The predicted molar refractivity (Wildman–Crippen MR) is 209 cm³/mol. The molecule has 3 heterocycles. The van der Waals surface area contributed by atoms with Crippen LogP contribution in [0.3, 0.4) is 0 Å². The topological polar surface area (TPSA) is 51.8 Å². The average Bonchev–Trinajstić information content (AvgIpc) is 3.67. The lowest BCUT2D eigenvalue weighted by molar-refractivity contribution is 0.670. The highest BCUT2D eigenvalue weighted by Gasteiger charge is 2.40. The van der Waals surface area contributed by atoms with Gasteiger partial charge in [-0.2, -0.15) is 0 Å². The number of para-hydroxylation sites is 1. The van der Waals surface area contributed by atoms with Crippen LogP contribution in [0.15, 0.2) is 156 Å². The summed E-state index contributed by atoms with van der Waals surface area (Å²) in [4.78, 5) is 15.6. The fraction of sp³-hybridized carbons (Fsp3) is 0.0444. The number of nitrogens with zero attached hydrogens (tertiary/aromatic N) is 3. The minimum Gasteiger partial charge on any atom is -0.455 e. The third-order valence-corrected chi connectivity index (χ3v) is 13.8. The van der Waals surface area contributed by atoms with E-state index in [9.17, 15) is 0 Å². The molecule has 2 aromatic heterocycles. The summed E-state index contributed by atoms with van der Waals surface area (Å²) in [5, 5.41) is 7.32. The van der Waals surface area contributed by atoms with Crippen LogP contribution in [0.2, 0.25) is 13.1 Å². The van der Waals surface area contributed by atoms with E-state index in [0.29, 0.717) is 17.5 Å². The van der Waals surface area contributed by atoms with Crippen molar-refractivity contribution in [1.29, 1.82) is 0 Å². The molecule has 1 aliphatic heterocycles. The fourth-order valence-corrected chi connectivity index (χ4v) is 10.8. The average molecular weight is 658 g/mol. The Balaban J connectivity index is 1.23. The van der Waals surface area contributed by atoms with Crippen LogP contribution in [0.1, 0.15) is 0 Å². The quantitative estimate of drug-likeness (QED) is 0.177. The Labute approximate surface area is 290 Å².